The molecule has 1 saturated heterocycles. The smallest absolute Gasteiger partial charge is 0.337 e. The lowest BCUT2D eigenvalue weighted by Crippen LogP contribution is -2.49. The van der Waals surface area contributed by atoms with Gasteiger partial charge < -0.3 is 5.11 Å². The third kappa shape index (κ3) is 2.03. The predicted molar refractivity (Wildman–Crippen MR) is 114 cm³/mol. The summed E-state index contributed by atoms with van der Waals surface area (Å²) in [6, 6.07) is 22.3. The van der Waals surface area contributed by atoms with E-state index in [1.807, 2.05) is 43.3 Å². The van der Waals surface area contributed by atoms with Gasteiger partial charge in [0.2, 0.25) is 11.8 Å². The van der Waals surface area contributed by atoms with Crippen molar-refractivity contribution in [1.82, 2.24) is 0 Å². The van der Waals surface area contributed by atoms with E-state index >= 15 is 0 Å². The molecule has 31 heavy (non-hydrogen) atoms. The summed E-state index contributed by atoms with van der Waals surface area (Å²) in [6.45, 7) is 1.88. The number of carboxylic acid groups (broad SMARTS) is 1. The molecule has 2 atom stereocenters. The molecule has 3 aliphatic carbocycles. The molecule has 0 unspecified atom stereocenters. The molecule has 2 amide bonds. The van der Waals surface area contributed by atoms with Crippen LogP contribution in [-0.2, 0) is 9.59 Å². The SMILES string of the molecule is C[C@]12C(=O)N(c3ccccc3C(=O)O)C(=O)[C@H]1C1c3ccccc3C2c2ccccc21. The number of aromatic carboxylic acids is 1. The zero-order valence-corrected chi connectivity index (χ0v) is 16.8. The van der Waals surface area contributed by atoms with Crippen molar-refractivity contribution in [3.63, 3.8) is 0 Å². The highest BCUT2D eigenvalue weighted by Gasteiger charge is 2.69. The van der Waals surface area contributed by atoms with E-state index in [1.54, 1.807) is 18.2 Å². The van der Waals surface area contributed by atoms with Gasteiger partial charge in [0.05, 0.1) is 22.6 Å². The zero-order valence-electron chi connectivity index (χ0n) is 16.8. The Balaban J connectivity index is 1.62. The van der Waals surface area contributed by atoms with Crippen molar-refractivity contribution in [3.8, 4) is 0 Å². The molecule has 5 heteroatoms. The Morgan fingerprint density at radius 3 is 1.94 bits per heavy atom. The average Bonchev–Trinajstić information content (AvgIpc) is 2.99. The number of nitrogens with zero attached hydrogens (tertiary/aromatic N) is 1. The molecule has 3 aromatic rings. The second-order valence-corrected chi connectivity index (χ2v) is 8.73. The van der Waals surface area contributed by atoms with Crippen molar-refractivity contribution >= 4 is 23.5 Å². The Morgan fingerprint density at radius 1 is 0.839 bits per heavy atom. The summed E-state index contributed by atoms with van der Waals surface area (Å²) < 4.78 is 0. The van der Waals surface area contributed by atoms with Crippen LogP contribution in [0.15, 0.2) is 72.8 Å². The standard InChI is InChI=1S/C26H19NO4/c1-26-21-16-10-4-2-8-14(16)20(15-9-3-5-11-17(15)21)22(26)23(28)27(25(26)31)19-13-7-6-12-18(19)24(29)30/h2-13,20-22H,1H3,(H,29,30)/t20?,21?,22-,26-/m1/s1. The van der Waals surface area contributed by atoms with Crippen LogP contribution in [-0.4, -0.2) is 22.9 Å². The quantitative estimate of drug-likeness (QED) is 0.645. The molecule has 3 aromatic carbocycles. The number of amides is 2. The highest BCUT2D eigenvalue weighted by Crippen LogP contribution is 2.67. The molecule has 1 fully saturated rings. The van der Waals surface area contributed by atoms with Crippen molar-refractivity contribution in [2.24, 2.45) is 11.3 Å². The summed E-state index contributed by atoms with van der Waals surface area (Å²) >= 11 is 0. The summed E-state index contributed by atoms with van der Waals surface area (Å²) in [6.07, 6.45) is 0. The molecular formula is C26H19NO4. The van der Waals surface area contributed by atoms with Crippen molar-refractivity contribution in [2.45, 2.75) is 18.8 Å². The summed E-state index contributed by atoms with van der Waals surface area (Å²) in [5.74, 6) is -2.87. The Bertz CT molecular complexity index is 1260. The second kappa shape index (κ2) is 5.91. The van der Waals surface area contributed by atoms with Gasteiger partial charge in [0, 0.05) is 11.8 Å². The maximum Gasteiger partial charge on any atom is 0.337 e. The van der Waals surface area contributed by atoms with E-state index in [-0.39, 0.29) is 34.9 Å². The Morgan fingerprint density at radius 2 is 1.35 bits per heavy atom. The summed E-state index contributed by atoms with van der Waals surface area (Å²) in [5.41, 5.74) is 3.46. The van der Waals surface area contributed by atoms with Gasteiger partial charge in [-0.1, -0.05) is 60.7 Å². The number of carbonyl (C=O) groups excluding carboxylic acids is 2. The molecule has 7 rings (SSSR count). The third-order valence-electron chi connectivity index (χ3n) is 7.39. The van der Waals surface area contributed by atoms with Crippen LogP contribution >= 0.6 is 0 Å². The van der Waals surface area contributed by atoms with Crippen LogP contribution in [0.25, 0.3) is 0 Å². The van der Waals surface area contributed by atoms with E-state index in [2.05, 4.69) is 12.1 Å². The molecule has 0 aromatic heterocycles. The summed E-state index contributed by atoms with van der Waals surface area (Å²) in [5, 5.41) is 9.67. The topological polar surface area (TPSA) is 74.7 Å². The van der Waals surface area contributed by atoms with Gasteiger partial charge in [-0.05, 0) is 41.3 Å². The molecule has 1 heterocycles. The Hall–Kier alpha value is -3.73. The van der Waals surface area contributed by atoms with Crippen LogP contribution in [0.2, 0.25) is 0 Å². The van der Waals surface area contributed by atoms with Gasteiger partial charge in [-0.25, -0.2) is 9.69 Å². The van der Waals surface area contributed by atoms with Crippen molar-refractivity contribution in [3.05, 3.63) is 101 Å². The Labute approximate surface area is 178 Å². The van der Waals surface area contributed by atoms with Crippen LogP contribution in [0.5, 0.6) is 0 Å². The van der Waals surface area contributed by atoms with Gasteiger partial charge in [0.1, 0.15) is 0 Å². The number of carbonyl (C=O) groups is 3. The van der Waals surface area contributed by atoms with Gasteiger partial charge >= 0.3 is 5.97 Å². The van der Waals surface area contributed by atoms with Crippen LogP contribution in [0, 0.1) is 11.3 Å². The monoisotopic (exact) mass is 409 g/mol. The minimum Gasteiger partial charge on any atom is -0.478 e. The normalized spacial score (nSPS) is 27.6. The highest BCUT2D eigenvalue weighted by molar-refractivity contribution is 6.26. The van der Waals surface area contributed by atoms with Gasteiger partial charge in [0.25, 0.3) is 0 Å². The van der Waals surface area contributed by atoms with Crippen LogP contribution in [0.1, 0.15) is 51.4 Å². The minimum absolute atomic E-state index is 0.0474. The highest BCUT2D eigenvalue weighted by atomic mass is 16.4. The molecule has 1 aliphatic heterocycles. The minimum atomic E-state index is -1.16. The summed E-state index contributed by atoms with van der Waals surface area (Å²) in [4.78, 5) is 40.8. The second-order valence-electron chi connectivity index (χ2n) is 8.73. The fourth-order valence-corrected chi connectivity index (χ4v) is 6.19. The molecule has 0 spiro atoms. The first-order valence-corrected chi connectivity index (χ1v) is 10.3. The average molecular weight is 409 g/mol. The number of anilines is 1. The third-order valence-corrected chi connectivity index (χ3v) is 7.39. The van der Waals surface area contributed by atoms with Crippen LogP contribution in [0.3, 0.4) is 0 Å². The number of benzene rings is 3. The molecule has 4 aliphatic rings. The summed E-state index contributed by atoms with van der Waals surface area (Å²) in [7, 11) is 0. The van der Waals surface area contributed by atoms with E-state index in [1.165, 1.54) is 6.07 Å². The number of hydrogen-bond donors (Lipinski definition) is 1. The van der Waals surface area contributed by atoms with E-state index < -0.39 is 17.3 Å². The lowest BCUT2D eigenvalue weighted by Gasteiger charge is -2.51. The molecule has 0 radical (unpaired) electrons. The molecular weight excluding hydrogens is 390 g/mol. The maximum absolute atomic E-state index is 14.0. The fraction of sp³-hybridized carbons (Fsp3) is 0.192. The van der Waals surface area contributed by atoms with Crippen LogP contribution < -0.4 is 4.90 Å². The van der Waals surface area contributed by atoms with Crippen LogP contribution in [0.4, 0.5) is 5.69 Å². The van der Waals surface area contributed by atoms with E-state index in [0.29, 0.717) is 0 Å². The number of carboxylic acids is 1. The Kier molecular flexibility index (Phi) is 3.45. The molecule has 152 valence electrons. The number of rotatable bonds is 2. The largest absolute Gasteiger partial charge is 0.478 e. The van der Waals surface area contributed by atoms with Gasteiger partial charge in [-0.2, -0.15) is 0 Å². The first kappa shape index (κ1) is 18.1. The van der Waals surface area contributed by atoms with E-state index in [4.69, 9.17) is 0 Å². The van der Waals surface area contributed by atoms with E-state index in [0.717, 1.165) is 27.2 Å². The molecule has 5 nitrogen and oxygen atoms in total. The fourth-order valence-electron chi connectivity index (χ4n) is 6.19. The maximum atomic E-state index is 14.0. The van der Waals surface area contributed by atoms with E-state index in [9.17, 15) is 19.5 Å². The molecule has 0 saturated carbocycles. The first-order chi connectivity index (χ1) is 15.0. The van der Waals surface area contributed by atoms with Crippen molar-refractivity contribution in [2.75, 3.05) is 4.90 Å². The number of para-hydroxylation sites is 1. The number of hydrogen-bond acceptors (Lipinski definition) is 3. The lowest BCUT2D eigenvalue weighted by atomic mass is 9.48. The lowest BCUT2D eigenvalue weighted by molar-refractivity contribution is -0.128. The van der Waals surface area contributed by atoms with Crippen molar-refractivity contribution in [1.29, 1.82) is 0 Å². The molecule has 1 N–H and O–H groups in total. The zero-order chi connectivity index (χ0) is 21.5. The van der Waals surface area contributed by atoms with Gasteiger partial charge in [-0.15, -0.1) is 0 Å². The first-order valence-electron chi connectivity index (χ1n) is 10.3. The predicted octanol–water partition coefficient (Wildman–Crippen LogP) is 4.17. The molecule has 2 bridgehead atoms. The van der Waals surface area contributed by atoms with Gasteiger partial charge in [-0.3, -0.25) is 9.59 Å². The van der Waals surface area contributed by atoms with Gasteiger partial charge in [0.15, 0.2) is 0 Å². The van der Waals surface area contributed by atoms with Crippen molar-refractivity contribution < 1.29 is 19.5 Å². The number of imide groups is 1.